The number of ether oxygens (including phenoxy) is 1. The van der Waals surface area contributed by atoms with Gasteiger partial charge in [0.15, 0.2) is 0 Å². The number of nitrogens with zero attached hydrogens (tertiary/aromatic N) is 1. The van der Waals surface area contributed by atoms with Crippen molar-refractivity contribution in [3.8, 4) is 5.75 Å². The van der Waals surface area contributed by atoms with Gasteiger partial charge in [0, 0.05) is 13.1 Å². The third kappa shape index (κ3) is 6.69. The van der Waals surface area contributed by atoms with Crippen molar-refractivity contribution in [2.45, 2.75) is 24.2 Å². The Balaban J connectivity index is 0.00000364. The first kappa shape index (κ1) is 23.2. The van der Waals surface area contributed by atoms with Gasteiger partial charge >= 0.3 is 6.36 Å². The zero-order valence-electron chi connectivity index (χ0n) is 14.2. The van der Waals surface area contributed by atoms with Crippen LogP contribution < -0.4 is 10.5 Å². The van der Waals surface area contributed by atoms with Crippen LogP contribution in [0, 0.1) is 0 Å². The fourth-order valence-corrected chi connectivity index (χ4v) is 3.93. The van der Waals surface area contributed by atoms with Gasteiger partial charge in [0.05, 0.1) is 0 Å². The van der Waals surface area contributed by atoms with Crippen LogP contribution in [-0.4, -0.2) is 32.2 Å². The van der Waals surface area contributed by atoms with Gasteiger partial charge < -0.3 is 10.5 Å². The number of hydrogen-bond acceptors (Lipinski definition) is 4. The van der Waals surface area contributed by atoms with Crippen molar-refractivity contribution in [2.75, 3.05) is 13.1 Å². The zero-order chi connectivity index (χ0) is 19.2. The van der Waals surface area contributed by atoms with Crippen LogP contribution in [-0.2, 0) is 16.6 Å². The molecule has 0 fully saturated rings. The van der Waals surface area contributed by atoms with Crippen LogP contribution >= 0.6 is 12.4 Å². The van der Waals surface area contributed by atoms with E-state index in [1.54, 1.807) is 30.3 Å². The van der Waals surface area contributed by atoms with Gasteiger partial charge in [0.1, 0.15) is 10.6 Å². The van der Waals surface area contributed by atoms with Crippen LogP contribution in [0.15, 0.2) is 59.5 Å². The molecule has 10 heteroatoms. The Morgan fingerprint density at radius 1 is 1.00 bits per heavy atom. The second kappa shape index (κ2) is 9.93. The number of benzene rings is 2. The van der Waals surface area contributed by atoms with Crippen molar-refractivity contribution in [1.29, 1.82) is 0 Å². The molecule has 0 bridgehead atoms. The summed E-state index contributed by atoms with van der Waals surface area (Å²) in [6.45, 7) is 0.346. The van der Waals surface area contributed by atoms with Gasteiger partial charge in [-0.05, 0) is 30.7 Å². The minimum Gasteiger partial charge on any atom is -0.404 e. The molecule has 0 saturated carbocycles. The number of nitrogens with two attached hydrogens (primary N) is 1. The maximum absolute atomic E-state index is 13.0. The summed E-state index contributed by atoms with van der Waals surface area (Å²) in [5.74, 6) is -0.759. The number of rotatable bonds is 8. The average molecular weight is 425 g/mol. The Morgan fingerprint density at radius 2 is 1.59 bits per heavy atom. The molecule has 0 amide bonds. The molecule has 2 rings (SSSR count). The minimum absolute atomic E-state index is 0. The molecule has 2 aromatic carbocycles. The lowest BCUT2D eigenvalue weighted by atomic mass is 10.2. The molecule has 0 saturated heterocycles. The van der Waals surface area contributed by atoms with Crippen molar-refractivity contribution in [3.63, 3.8) is 0 Å². The summed E-state index contributed by atoms with van der Waals surface area (Å²) in [4.78, 5) is -0.537. The Labute approximate surface area is 162 Å². The molecular weight excluding hydrogens is 405 g/mol. The summed E-state index contributed by atoms with van der Waals surface area (Å²) in [5.41, 5.74) is 6.18. The molecule has 0 aliphatic rings. The van der Waals surface area contributed by atoms with Gasteiger partial charge in [-0.15, -0.1) is 25.6 Å². The fraction of sp³-hybridized carbons (Fsp3) is 0.294. The molecule has 2 aromatic rings. The first-order valence-electron chi connectivity index (χ1n) is 7.83. The largest absolute Gasteiger partial charge is 0.573 e. The second-order valence-corrected chi connectivity index (χ2v) is 7.37. The highest BCUT2D eigenvalue weighted by atomic mass is 35.5. The van der Waals surface area contributed by atoms with Gasteiger partial charge in [0.2, 0.25) is 10.0 Å². The van der Waals surface area contributed by atoms with E-state index in [2.05, 4.69) is 4.74 Å². The molecule has 0 atom stereocenters. The van der Waals surface area contributed by atoms with E-state index in [0.717, 1.165) is 16.4 Å². The first-order chi connectivity index (χ1) is 12.2. The van der Waals surface area contributed by atoms with Crippen LogP contribution in [0.4, 0.5) is 13.2 Å². The highest BCUT2D eigenvalue weighted by molar-refractivity contribution is 7.89. The SMILES string of the molecule is Cl.NCCCN(Cc1ccccc1)S(=O)(=O)c1ccccc1OC(F)(F)F. The van der Waals surface area contributed by atoms with Crippen LogP contribution in [0.1, 0.15) is 12.0 Å². The fourth-order valence-electron chi connectivity index (χ4n) is 2.35. The average Bonchev–Trinajstić information content (AvgIpc) is 2.58. The van der Waals surface area contributed by atoms with E-state index < -0.39 is 27.0 Å². The number of para-hydroxylation sites is 1. The molecule has 150 valence electrons. The van der Waals surface area contributed by atoms with E-state index in [0.29, 0.717) is 12.0 Å². The van der Waals surface area contributed by atoms with E-state index in [1.165, 1.54) is 12.1 Å². The molecule has 0 spiro atoms. The van der Waals surface area contributed by atoms with Gasteiger partial charge in [-0.1, -0.05) is 42.5 Å². The summed E-state index contributed by atoms with van der Waals surface area (Å²) in [6.07, 6.45) is -4.62. The maximum Gasteiger partial charge on any atom is 0.573 e. The standard InChI is InChI=1S/C17H19F3N2O3S.ClH/c18-17(19,20)25-15-9-4-5-10-16(15)26(23,24)22(12-6-11-21)13-14-7-2-1-3-8-14;/h1-5,7-10H,6,11-13,21H2;1H. The molecule has 2 N–H and O–H groups in total. The molecule has 0 radical (unpaired) electrons. The van der Waals surface area contributed by atoms with E-state index in [4.69, 9.17) is 5.73 Å². The Morgan fingerprint density at radius 3 is 2.19 bits per heavy atom. The molecule has 0 unspecified atom stereocenters. The highest BCUT2D eigenvalue weighted by Crippen LogP contribution is 2.31. The lowest BCUT2D eigenvalue weighted by Crippen LogP contribution is -2.33. The van der Waals surface area contributed by atoms with Crippen LogP contribution in [0.3, 0.4) is 0 Å². The predicted octanol–water partition coefficient (Wildman–Crippen LogP) is 3.55. The zero-order valence-corrected chi connectivity index (χ0v) is 15.9. The smallest absolute Gasteiger partial charge is 0.404 e. The summed E-state index contributed by atoms with van der Waals surface area (Å²) < 4.78 is 68.8. The van der Waals surface area contributed by atoms with Crippen LogP contribution in [0.5, 0.6) is 5.75 Å². The number of alkyl halides is 3. The first-order valence-corrected chi connectivity index (χ1v) is 9.27. The predicted molar refractivity (Wildman–Crippen MR) is 98.1 cm³/mol. The van der Waals surface area contributed by atoms with E-state index in [9.17, 15) is 21.6 Å². The summed E-state index contributed by atoms with van der Waals surface area (Å²) in [6, 6.07) is 13.5. The second-order valence-electron chi connectivity index (χ2n) is 5.46. The highest BCUT2D eigenvalue weighted by Gasteiger charge is 2.35. The Bertz CT molecular complexity index is 818. The number of halogens is 4. The van der Waals surface area contributed by atoms with Crippen molar-refractivity contribution >= 4 is 22.4 Å². The molecular formula is C17H20ClF3N2O3S. The van der Waals surface area contributed by atoms with E-state index in [1.807, 2.05) is 0 Å². The van der Waals surface area contributed by atoms with Gasteiger partial charge in [0.25, 0.3) is 0 Å². The third-order valence-corrected chi connectivity index (χ3v) is 5.39. The van der Waals surface area contributed by atoms with E-state index in [-0.39, 0.29) is 32.0 Å². The summed E-state index contributed by atoms with van der Waals surface area (Å²) in [7, 11) is -4.22. The van der Waals surface area contributed by atoms with Crippen molar-refractivity contribution in [1.82, 2.24) is 4.31 Å². The molecule has 27 heavy (non-hydrogen) atoms. The molecule has 0 aromatic heterocycles. The van der Waals surface area contributed by atoms with Gasteiger partial charge in [-0.3, -0.25) is 0 Å². The lowest BCUT2D eigenvalue weighted by Gasteiger charge is -2.23. The van der Waals surface area contributed by atoms with Crippen LogP contribution in [0.2, 0.25) is 0 Å². The lowest BCUT2D eigenvalue weighted by molar-refractivity contribution is -0.275. The maximum atomic E-state index is 13.0. The molecule has 0 heterocycles. The number of hydrogen-bond donors (Lipinski definition) is 1. The van der Waals surface area contributed by atoms with E-state index >= 15 is 0 Å². The van der Waals surface area contributed by atoms with Gasteiger partial charge in [-0.2, -0.15) is 4.31 Å². The normalized spacial score (nSPS) is 11.9. The molecule has 5 nitrogen and oxygen atoms in total. The Hall–Kier alpha value is -1.81. The minimum atomic E-state index is -4.99. The van der Waals surface area contributed by atoms with Crippen molar-refractivity contribution in [2.24, 2.45) is 5.73 Å². The van der Waals surface area contributed by atoms with Crippen LogP contribution in [0.25, 0.3) is 0 Å². The molecule has 0 aliphatic heterocycles. The topological polar surface area (TPSA) is 72.6 Å². The van der Waals surface area contributed by atoms with Crippen molar-refractivity contribution in [3.05, 3.63) is 60.2 Å². The summed E-state index contributed by atoms with van der Waals surface area (Å²) in [5, 5.41) is 0. The Kier molecular flexibility index (Phi) is 8.55. The summed E-state index contributed by atoms with van der Waals surface area (Å²) >= 11 is 0. The number of sulfonamides is 1. The van der Waals surface area contributed by atoms with Gasteiger partial charge in [-0.25, -0.2) is 8.42 Å². The quantitative estimate of drug-likeness (QED) is 0.703. The monoisotopic (exact) mass is 424 g/mol. The third-order valence-electron chi connectivity index (χ3n) is 3.51. The molecule has 0 aliphatic carbocycles. The van der Waals surface area contributed by atoms with Crippen molar-refractivity contribution < 1.29 is 26.3 Å².